The fourth-order valence-corrected chi connectivity index (χ4v) is 6.29. The fourth-order valence-electron chi connectivity index (χ4n) is 5.27. The molecule has 4 aromatic rings. The molecule has 240 valence electrons. The van der Waals surface area contributed by atoms with Crippen molar-refractivity contribution >= 4 is 41.2 Å². The molecule has 0 spiro atoms. The molecule has 1 aliphatic heterocycles. The molecule has 8 nitrogen and oxygen atoms in total. The van der Waals surface area contributed by atoms with Crippen molar-refractivity contribution in [2.24, 2.45) is 0 Å². The summed E-state index contributed by atoms with van der Waals surface area (Å²) in [6.07, 6.45) is 5.10. The maximum atomic E-state index is 13.2. The first-order valence-electron chi connectivity index (χ1n) is 15.3. The molecule has 46 heavy (non-hydrogen) atoms. The Labute approximate surface area is 281 Å². The summed E-state index contributed by atoms with van der Waals surface area (Å²) in [6, 6.07) is 25.8. The number of carbonyl (C=O) groups is 1. The molecule has 0 saturated carbocycles. The van der Waals surface area contributed by atoms with Crippen molar-refractivity contribution in [3.05, 3.63) is 112 Å². The van der Waals surface area contributed by atoms with Crippen LogP contribution >= 0.6 is 23.4 Å². The molecule has 1 fully saturated rings. The highest BCUT2D eigenvalue weighted by Crippen LogP contribution is 2.28. The average molecular weight is 658 g/mol. The Kier molecular flexibility index (Phi) is 11.9. The maximum Gasteiger partial charge on any atom is 0.253 e. The minimum absolute atomic E-state index is 0.0247. The smallest absolute Gasteiger partial charge is 0.253 e. The summed E-state index contributed by atoms with van der Waals surface area (Å²) in [5, 5.41) is 1.06. The predicted octanol–water partition coefficient (Wildman–Crippen LogP) is 6.59. The van der Waals surface area contributed by atoms with Gasteiger partial charge in [0.25, 0.3) is 5.91 Å². The molecule has 10 heteroatoms. The highest BCUT2D eigenvalue weighted by Gasteiger charge is 2.19. The standard InChI is InChI=1S/C36H40ClN5O3S/c1-40(18-16-28-14-15-31(44-2)32(24-28)45-3)35(43)30-13-7-11-29(23-30)26-46-36-38-33(37)25-34(39-36)42-21-19-41(20-22-42)17-8-12-27-9-5-4-6-10-27/h4-15,23-25H,16-22,26H2,1-3H3/b12-8+. The lowest BCUT2D eigenvalue weighted by atomic mass is 10.1. The molecule has 0 bridgehead atoms. The van der Waals surface area contributed by atoms with Gasteiger partial charge in [0.1, 0.15) is 11.0 Å². The van der Waals surface area contributed by atoms with E-state index in [0.29, 0.717) is 46.1 Å². The van der Waals surface area contributed by atoms with E-state index in [0.717, 1.165) is 49.7 Å². The number of likely N-dealkylation sites (N-methyl/N-ethyl adjacent to an activating group) is 1. The van der Waals surface area contributed by atoms with E-state index in [9.17, 15) is 4.79 Å². The van der Waals surface area contributed by atoms with Crippen molar-refractivity contribution in [1.82, 2.24) is 19.8 Å². The predicted molar refractivity (Wildman–Crippen MR) is 187 cm³/mol. The van der Waals surface area contributed by atoms with Crippen LogP contribution in [0, 0.1) is 0 Å². The number of benzene rings is 3. The number of nitrogens with zero attached hydrogens (tertiary/aromatic N) is 5. The molecule has 2 heterocycles. The molecule has 0 radical (unpaired) electrons. The Hall–Kier alpha value is -4.05. The lowest BCUT2D eigenvalue weighted by Crippen LogP contribution is -2.46. The number of carbonyl (C=O) groups excluding carboxylic acids is 1. The van der Waals surface area contributed by atoms with Crippen LogP contribution in [0.3, 0.4) is 0 Å². The van der Waals surface area contributed by atoms with Gasteiger partial charge >= 0.3 is 0 Å². The minimum Gasteiger partial charge on any atom is -0.493 e. The van der Waals surface area contributed by atoms with Gasteiger partial charge in [-0.3, -0.25) is 9.69 Å². The van der Waals surface area contributed by atoms with Crippen LogP contribution in [-0.4, -0.2) is 86.2 Å². The largest absolute Gasteiger partial charge is 0.493 e. The van der Waals surface area contributed by atoms with Crippen LogP contribution in [0.4, 0.5) is 5.82 Å². The summed E-state index contributed by atoms with van der Waals surface area (Å²) >= 11 is 7.96. The molecular weight excluding hydrogens is 618 g/mol. The number of anilines is 1. The van der Waals surface area contributed by atoms with Crippen LogP contribution in [0.2, 0.25) is 5.15 Å². The Bertz CT molecular complexity index is 1630. The van der Waals surface area contributed by atoms with Crippen molar-refractivity contribution in [1.29, 1.82) is 0 Å². The van der Waals surface area contributed by atoms with E-state index in [4.69, 9.17) is 26.1 Å². The van der Waals surface area contributed by atoms with Gasteiger partial charge in [0.15, 0.2) is 16.7 Å². The third kappa shape index (κ3) is 9.25. The Morgan fingerprint density at radius 2 is 1.70 bits per heavy atom. The average Bonchev–Trinajstić information content (AvgIpc) is 3.10. The number of piperazine rings is 1. The van der Waals surface area contributed by atoms with Gasteiger partial charge in [0, 0.05) is 63.7 Å². The van der Waals surface area contributed by atoms with Gasteiger partial charge in [-0.15, -0.1) is 0 Å². The zero-order valence-corrected chi connectivity index (χ0v) is 28.1. The molecule has 1 amide bonds. The first-order valence-corrected chi connectivity index (χ1v) is 16.7. The fraction of sp³-hybridized carbons (Fsp3) is 0.306. The number of amides is 1. The van der Waals surface area contributed by atoms with E-state index < -0.39 is 0 Å². The molecule has 1 aromatic heterocycles. The maximum absolute atomic E-state index is 13.2. The summed E-state index contributed by atoms with van der Waals surface area (Å²) in [5.74, 6) is 2.81. The molecule has 5 rings (SSSR count). The highest BCUT2D eigenvalue weighted by atomic mass is 35.5. The summed E-state index contributed by atoms with van der Waals surface area (Å²) in [7, 11) is 5.06. The number of ether oxygens (including phenoxy) is 2. The number of methoxy groups -OCH3 is 2. The van der Waals surface area contributed by atoms with Crippen molar-refractivity contribution in [2.75, 3.05) is 65.4 Å². The van der Waals surface area contributed by atoms with Crippen LogP contribution < -0.4 is 14.4 Å². The molecule has 0 unspecified atom stereocenters. The van der Waals surface area contributed by atoms with E-state index in [2.05, 4.69) is 51.2 Å². The minimum atomic E-state index is -0.0247. The van der Waals surface area contributed by atoms with Crippen LogP contribution in [0.15, 0.2) is 90.1 Å². The second kappa shape index (κ2) is 16.5. The molecule has 1 saturated heterocycles. The van der Waals surface area contributed by atoms with Crippen LogP contribution in [0.5, 0.6) is 11.5 Å². The van der Waals surface area contributed by atoms with E-state index in [1.54, 1.807) is 19.1 Å². The number of hydrogen-bond acceptors (Lipinski definition) is 8. The Morgan fingerprint density at radius 1 is 0.913 bits per heavy atom. The van der Waals surface area contributed by atoms with Crippen LogP contribution in [0.1, 0.15) is 27.0 Å². The van der Waals surface area contributed by atoms with E-state index in [1.807, 2.05) is 61.6 Å². The summed E-state index contributed by atoms with van der Waals surface area (Å²) in [4.78, 5) is 29.0. The number of aromatic nitrogens is 2. The highest BCUT2D eigenvalue weighted by molar-refractivity contribution is 7.98. The Morgan fingerprint density at radius 3 is 2.46 bits per heavy atom. The third-order valence-corrected chi connectivity index (χ3v) is 9.02. The number of halogens is 1. The SMILES string of the molecule is COc1ccc(CCN(C)C(=O)c2cccc(CSc3nc(Cl)cc(N4CCN(C/C=C/c5ccccc5)CC4)n3)c2)cc1OC. The first-order chi connectivity index (χ1) is 22.4. The van der Waals surface area contributed by atoms with Crippen molar-refractivity contribution < 1.29 is 14.3 Å². The van der Waals surface area contributed by atoms with Gasteiger partial charge in [0.2, 0.25) is 0 Å². The number of rotatable bonds is 13. The zero-order chi connectivity index (χ0) is 32.3. The first kappa shape index (κ1) is 33.3. The lowest BCUT2D eigenvalue weighted by Gasteiger charge is -2.35. The van der Waals surface area contributed by atoms with Gasteiger partial charge in [-0.25, -0.2) is 9.97 Å². The zero-order valence-electron chi connectivity index (χ0n) is 26.6. The monoisotopic (exact) mass is 657 g/mol. The molecule has 1 aliphatic rings. The normalized spacial score (nSPS) is 13.6. The molecule has 0 atom stereocenters. The summed E-state index contributed by atoms with van der Waals surface area (Å²) in [6.45, 7) is 5.15. The summed E-state index contributed by atoms with van der Waals surface area (Å²) < 4.78 is 10.7. The topological polar surface area (TPSA) is 71.0 Å². The lowest BCUT2D eigenvalue weighted by molar-refractivity contribution is 0.0796. The van der Waals surface area contributed by atoms with Gasteiger partial charge in [-0.05, 0) is 47.4 Å². The van der Waals surface area contributed by atoms with Crippen molar-refractivity contribution in [3.63, 3.8) is 0 Å². The number of thioether (sulfide) groups is 1. The van der Waals surface area contributed by atoms with E-state index >= 15 is 0 Å². The second-order valence-corrected chi connectivity index (χ2v) is 12.4. The Balaban J connectivity index is 1.12. The van der Waals surface area contributed by atoms with Crippen molar-refractivity contribution in [2.45, 2.75) is 17.3 Å². The second-order valence-electron chi connectivity index (χ2n) is 11.1. The number of hydrogen-bond donors (Lipinski definition) is 0. The van der Waals surface area contributed by atoms with Crippen molar-refractivity contribution in [3.8, 4) is 11.5 Å². The van der Waals surface area contributed by atoms with Gasteiger partial charge in [-0.1, -0.05) is 84.0 Å². The van der Waals surface area contributed by atoms with Crippen LogP contribution in [-0.2, 0) is 12.2 Å². The van der Waals surface area contributed by atoms with E-state index in [-0.39, 0.29) is 5.91 Å². The molecule has 3 aromatic carbocycles. The molecule has 0 aliphatic carbocycles. The van der Waals surface area contributed by atoms with E-state index in [1.165, 1.54) is 17.3 Å². The van der Waals surface area contributed by atoms with Gasteiger partial charge < -0.3 is 19.3 Å². The third-order valence-electron chi connectivity index (χ3n) is 7.90. The summed E-state index contributed by atoms with van der Waals surface area (Å²) in [5.41, 5.74) is 3.96. The molecule has 0 N–H and O–H groups in total. The van der Waals surface area contributed by atoms with Gasteiger partial charge in [0.05, 0.1) is 14.2 Å². The quantitative estimate of drug-likeness (QED) is 0.0906. The van der Waals surface area contributed by atoms with Gasteiger partial charge in [-0.2, -0.15) is 0 Å². The molecular formula is C36H40ClN5O3S. The van der Waals surface area contributed by atoms with Crippen LogP contribution in [0.25, 0.3) is 6.08 Å².